The summed E-state index contributed by atoms with van der Waals surface area (Å²) in [5.41, 5.74) is 7.01. The topological polar surface area (TPSA) is 43.8 Å². The number of nitrogens with zero attached hydrogens (tertiary/aromatic N) is 2. The van der Waals surface area contributed by atoms with E-state index in [9.17, 15) is 0 Å². The first-order valence-corrected chi connectivity index (χ1v) is 6.51. The molecule has 3 heteroatoms. The second kappa shape index (κ2) is 7.44. The molecule has 1 heterocycles. The molecule has 0 aliphatic rings. The van der Waals surface area contributed by atoms with Gasteiger partial charge in [-0.05, 0) is 13.3 Å². The van der Waals surface area contributed by atoms with Crippen molar-refractivity contribution in [3.63, 3.8) is 0 Å². The molecular weight excluding hydrogens is 198 g/mol. The van der Waals surface area contributed by atoms with E-state index < -0.39 is 0 Å². The van der Waals surface area contributed by atoms with Crippen molar-refractivity contribution in [2.24, 2.45) is 5.73 Å². The van der Waals surface area contributed by atoms with E-state index in [1.165, 1.54) is 38.5 Å². The summed E-state index contributed by atoms with van der Waals surface area (Å²) in [6.07, 6.45) is 11.7. The van der Waals surface area contributed by atoms with Gasteiger partial charge in [0.2, 0.25) is 0 Å². The number of imidazole rings is 1. The van der Waals surface area contributed by atoms with Crippen molar-refractivity contribution in [3.05, 3.63) is 18.2 Å². The lowest BCUT2D eigenvalue weighted by Gasteiger charge is -2.10. The van der Waals surface area contributed by atoms with Gasteiger partial charge in [0.1, 0.15) is 0 Å². The van der Waals surface area contributed by atoms with Gasteiger partial charge < -0.3 is 10.3 Å². The van der Waals surface area contributed by atoms with Crippen LogP contribution in [0.3, 0.4) is 0 Å². The van der Waals surface area contributed by atoms with Gasteiger partial charge in [0.15, 0.2) is 0 Å². The lowest BCUT2D eigenvalue weighted by atomic mass is 10.1. The van der Waals surface area contributed by atoms with E-state index in [0.717, 1.165) is 12.2 Å². The average molecular weight is 223 g/mol. The van der Waals surface area contributed by atoms with Crippen molar-refractivity contribution < 1.29 is 0 Å². The second-order valence-corrected chi connectivity index (χ2v) is 4.57. The molecule has 0 saturated carbocycles. The van der Waals surface area contributed by atoms with Crippen LogP contribution in [0.5, 0.6) is 0 Å². The van der Waals surface area contributed by atoms with Crippen molar-refractivity contribution in [1.29, 1.82) is 0 Å². The van der Waals surface area contributed by atoms with Gasteiger partial charge >= 0.3 is 0 Å². The average Bonchev–Trinajstić information content (AvgIpc) is 2.71. The van der Waals surface area contributed by atoms with E-state index in [-0.39, 0.29) is 6.04 Å². The third-order valence-corrected chi connectivity index (χ3v) is 2.96. The molecule has 1 rings (SSSR count). The summed E-state index contributed by atoms with van der Waals surface area (Å²) in [4.78, 5) is 4.15. The maximum Gasteiger partial charge on any atom is 0.0948 e. The zero-order chi connectivity index (χ0) is 11.8. The molecule has 0 spiro atoms. The highest BCUT2D eigenvalue weighted by Crippen LogP contribution is 2.11. The molecular formula is C13H25N3. The fourth-order valence-electron chi connectivity index (χ4n) is 1.96. The lowest BCUT2D eigenvalue weighted by molar-refractivity contribution is 0.539. The molecule has 2 N–H and O–H groups in total. The van der Waals surface area contributed by atoms with Crippen LogP contribution in [0.25, 0.3) is 0 Å². The number of aryl methyl sites for hydroxylation is 1. The molecule has 0 aromatic carbocycles. The summed E-state index contributed by atoms with van der Waals surface area (Å²) in [6, 6.07) is 0.0857. The van der Waals surface area contributed by atoms with Gasteiger partial charge in [0.05, 0.1) is 12.0 Å². The van der Waals surface area contributed by atoms with Crippen LogP contribution in [-0.4, -0.2) is 9.55 Å². The van der Waals surface area contributed by atoms with E-state index in [1.807, 2.05) is 19.4 Å². The van der Waals surface area contributed by atoms with Crippen molar-refractivity contribution in [3.8, 4) is 0 Å². The Labute approximate surface area is 99.1 Å². The summed E-state index contributed by atoms with van der Waals surface area (Å²) in [7, 11) is 0. The molecule has 1 atom stereocenters. The number of aromatic nitrogens is 2. The predicted octanol–water partition coefficient (Wildman–Crippen LogP) is 3.26. The van der Waals surface area contributed by atoms with E-state index in [2.05, 4.69) is 16.5 Å². The molecule has 3 nitrogen and oxygen atoms in total. The van der Waals surface area contributed by atoms with Crippen LogP contribution >= 0.6 is 0 Å². The van der Waals surface area contributed by atoms with Crippen molar-refractivity contribution in [2.75, 3.05) is 0 Å². The van der Waals surface area contributed by atoms with Crippen LogP contribution in [-0.2, 0) is 6.54 Å². The minimum absolute atomic E-state index is 0.0857. The molecule has 1 aromatic heterocycles. The first-order chi connectivity index (χ1) is 7.75. The van der Waals surface area contributed by atoms with Gasteiger partial charge in [-0.15, -0.1) is 0 Å². The third kappa shape index (κ3) is 4.35. The van der Waals surface area contributed by atoms with Crippen LogP contribution in [0.1, 0.15) is 64.1 Å². The Morgan fingerprint density at radius 1 is 1.25 bits per heavy atom. The van der Waals surface area contributed by atoms with Crippen molar-refractivity contribution >= 4 is 0 Å². The minimum Gasteiger partial charge on any atom is -0.333 e. The summed E-state index contributed by atoms with van der Waals surface area (Å²) >= 11 is 0. The van der Waals surface area contributed by atoms with Gasteiger partial charge in [0, 0.05) is 18.8 Å². The Kier molecular flexibility index (Phi) is 6.16. The number of unbranched alkanes of at least 4 members (excludes halogenated alkanes) is 5. The molecule has 0 bridgehead atoms. The summed E-state index contributed by atoms with van der Waals surface area (Å²) in [5, 5.41) is 0. The molecule has 0 unspecified atom stereocenters. The summed E-state index contributed by atoms with van der Waals surface area (Å²) in [6.45, 7) is 5.32. The number of rotatable bonds is 8. The lowest BCUT2D eigenvalue weighted by Crippen LogP contribution is -2.11. The Morgan fingerprint density at radius 3 is 2.62 bits per heavy atom. The quantitative estimate of drug-likeness (QED) is 0.687. The van der Waals surface area contributed by atoms with Crippen LogP contribution in [0.2, 0.25) is 0 Å². The van der Waals surface area contributed by atoms with Crippen molar-refractivity contribution in [2.45, 2.75) is 65.0 Å². The summed E-state index contributed by atoms with van der Waals surface area (Å²) < 4.78 is 2.19. The smallest absolute Gasteiger partial charge is 0.0948 e. The van der Waals surface area contributed by atoms with E-state index in [4.69, 9.17) is 5.73 Å². The molecule has 0 radical (unpaired) electrons. The molecule has 0 aliphatic heterocycles. The maximum atomic E-state index is 5.87. The molecule has 0 aliphatic carbocycles. The zero-order valence-electron chi connectivity index (χ0n) is 10.7. The first kappa shape index (κ1) is 13.2. The van der Waals surface area contributed by atoms with Gasteiger partial charge in [-0.3, -0.25) is 0 Å². The highest BCUT2D eigenvalue weighted by molar-refractivity contribution is 5.02. The Bertz CT molecular complexity index is 278. The molecule has 16 heavy (non-hydrogen) atoms. The highest BCUT2D eigenvalue weighted by atomic mass is 15.1. The predicted molar refractivity (Wildman–Crippen MR) is 68.2 cm³/mol. The molecule has 0 saturated heterocycles. The molecule has 0 fully saturated rings. The van der Waals surface area contributed by atoms with Gasteiger partial charge in [-0.25, -0.2) is 4.98 Å². The normalized spacial score (nSPS) is 12.9. The third-order valence-electron chi connectivity index (χ3n) is 2.96. The van der Waals surface area contributed by atoms with Gasteiger partial charge in [0.25, 0.3) is 0 Å². The van der Waals surface area contributed by atoms with Crippen LogP contribution in [0, 0.1) is 0 Å². The molecule has 0 amide bonds. The Balaban J connectivity index is 2.19. The van der Waals surface area contributed by atoms with Gasteiger partial charge in [-0.1, -0.05) is 39.0 Å². The zero-order valence-corrected chi connectivity index (χ0v) is 10.7. The molecule has 92 valence electrons. The van der Waals surface area contributed by atoms with Crippen LogP contribution in [0.4, 0.5) is 0 Å². The van der Waals surface area contributed by atoms with E-state index in [1.54, 1.807) is 0 Å². The maximum absolute atomic E-state index is 5.87. The Morgan fingerprint density at radius 2 is 1.94 bits per heavy atom. The number of hydrogen-bond acceptors (Lipinski definition) is 2. The van der Waals surface area contributed by atoms with Crippen LogP contribution in [0.15, 0.2) is 12.5 Å². The van der Waals surface area contributed by atoms with Crippen LogP contribution < -0.4 is 5.73 Å². The number of hydrogen-bond donors (Lipinski definition) is 1. The largest absolute Gasteiger partial charge is 0.333 e. The first-order valence-electron chi connectivity index (χ1n) is 6.51. The van der Waals surface area contributed by atoms with E-state index in [0.29, 0.717) is 0 Å². The Hall–Kier alpha value is -0.830. The fraction of sp³-hybridized carbons (Fsp3) is 0.769. The number of nitrogens with two attached hydrogens (primary N) is 1. The van der Waals surface area contributed by atoms with Gasteiger partial charge in [-0.2, -0.15) is 0 Å². The highest BCUT2D eigenvalue weighted by Gasteiger charge is 2.05. The molecule has 1 aromatic rings. The fourth-order valence-corrected chi connectivity index (χ4v) is 1.96. The second-order valence-electron chi connectivity index (χ2n) is 4.57. The monoisotopic (exact) mass is 223 g/mol. The van der Waals surface area contributed by atoms with Crippen molar-refractivity contribution in [1.82, 2.24) is 9.55 Å². The van der Waals surface area contributed by atoms with E-state index >= 15 is 0 Å². The standard InChI is InChI=1S/C13H25N3/c1-3-4-5-6-7-8-9-16-11-15-10-13(16)12(2)14/h10-12H,3-9,14H2,1-2H3/t12-/m0/s1. The summed E-state index contributed by atoms with van der Waals surface area (Å²) in [5.74, 6) is 0. The minimum atomic E-state index is 0.0857. The SMILES string of the molecule is CCCCCCCCn1cncc1[C@H](C)N.